The van der Waals surface area contributed by atoms with Crippen LogP contribution in [0, 0.1) is 11.8 Å². The Hall–Kier alpha value is -1.51. The molecule has 0 aliphatic rings. The predicted octanol–water partition coefficient (Wildman–Crippen LogP) is 5.15. The number of benzene rings is 1. The summed E-state index contributed by atoms with van der Waals surface area (Å²) in [5.74, 6) is 0.972. The molecule has 1 N–H and O–H groups in total. The Morgan fingerprint density at radius 3 is 2.32 bits per heavy atom. The molecule has 0 aromatic heterocycles. The van der Waals surface area contributed by atoms with E-state index in [1.54, 1.807) is 19.1 Å². The van der Waals surface area contributed by atoms with E-state index in [4.69, 9.17) is 4.74 Å². The molecule has 0 bridgehead atoms. The first kappa shape index (κ1) is 18.5. The number of carboxylic acids is 1. The van der Waals surface area contributed by atoms with E-state index in [1.165, 1.54) is 12.8 Å². The number of carboxylic acid groups (broad SMARTS) is 1. The highest BCUT2D eigenvalue weighted by molar-refractivity contribution is 5.77. The molecule has 0 heterocycles. The van der Waals surface area contributed by atoms with Crippen LogP contribution >= 0.6 is 0 Å². The largest absolute Gasteiger partial charge is 0.478 e. The monoisotopic (exact) mass is 306 g/mol. The highest BCUT2D eigenvalue weighted by atomic mass is 16.5. The highest BCUT2D eigenvalue weighted by Crippen LogP contribution is 2.26. The first-order chi connectivity index (χ1) is 10.3. The maximum atomic E-state index is 11.6. The number of hydrogen-bond donors (Lipinski definition) is 1. The van der Waals surface area contributed by atoms with Crippen LogP contribution in [-0.2, 0) is 4.79 Å². The summed E-state index contributed by atoms with van der Waals surface area (Å²) in [5, 5.41) is 9.53. The second-order valence-corrected chi connectivity index (χ2v) is 6.92. The van der Waals surface area contributed by atoms with Gasteiger partial charge >= 0.3 is 5.97 Å². The van der Waals surface area contributed by atoms with Gasteiger partial charge < -0.3 is 9.84 Å². The summed E-state index contributed by atoms with van der Waals surface area (Å²) < 4.78 is 5.76. The van der Waals surface area contributed by atoms with Gasteiger partial charge in [0.25, 0.3) is 0 Å². The molecule has 3 nitrogen and oxygen atoms in total. The molecular formula is C19H30O3. The van der Waals surface area contributed by atoms with E-state index in [1.807, 2.05) is 18.2 Å². The standard InChI is InChI=1S/C19H30O3/c1-15(2)9-8-10-16(3)13-14-19(4,18(20)21)22-17-11-6-5-7-12-17/h5-7,11-12,15-16H,8-10,13-14H2,1-4H3,(H,20,21). The van der Waals surface area contributed by atoms with E-state index in [2.05, 4.69) is 20.8 Å². The van der Waals surface area contributed by atoms with Gasteiger partial charge in [-0.1, -0.05) is 58.2 Å². The van der Waals surface area contributed by atoms with E-state index < -0.39 is 11.6 Å². The Balaban J connectivity index is 2.51. The average molecular weight is 306 g/mol. The average Bonchev–Trinajstić information content (AvgIpc) is 2.45. The van der Waals surface area contributed by atoms with E-state index in [0.717, 1.165) is 18.8 Å². The summed E-state index contributed by atoms with van der Waals surface area (Å²) in [6, 6.07) is 9.20. The lowest BCUT2D eigenvalue weighted by molar-refractivity contribution is -0.154. The van der Waals surface area contributed by atoms with Crippen LogP contribution in [0.25, 0.3) is 0 Å². The lowest BCUT2D eigenvalue weighted by Crippen LogP contribution is -2.41. The molecule has 1 aromatic rings. The van der Waals surface area contributed by atoms with E-state index in [-0.39, 0.29) is 0 Å². The van der Waals surface area contributed by atoms with Crippen LogP contribution in [0.3, 0.4) is 0 Å². The van der Waals surface area contributed by atoms with Crippen molar-refractivity contribution < 1.29 is 14.6 Å². The summed E-state index contributed by atoms with van der Waals surface area (Å²) >= 11 is 0. The summed E-state index contributed by atoms with van der Waals surface area (Å²) in [5.41, 5.74) is -1.16. The molecule has 0 fully saturated rings. The van der Waals surface area contributed by atoms with Gasteiger partial charge in [-0.25, -0.2) is 4.79 Å². The first-order valence-electron chi connectivity index (χ1n) is 8.31. The molecule has 1 aromatic carbocycles. The third kappa shape index (κ3) is 6.50. The normalized spacial score (nSPS) is 15.3. The summed E-state index contributed by atoms with van der Waals surface area (Å²) in [6.07, 6.45) is 5.00. The number of ether oxygens (including phenoxy) is 1. The fourth-order valence-corrected chi connectivity index (χ4v) is 2.49. The summed E-state index contributed by atoms with van der Waals surface area (Å²) in [4.78, 5) is 11.6. The van der Waals surface area contributed by atoms with Crippen LogP contribution in [-0.4, -0.2) is 16.7 Å². The van der Waals surface area contributed by atoms with Crippen LogP contribution in [0.4, 0.5) is 0 Å². The third-order valence-corrected chi connectivity index (χ3v) is 4.13. The van der Waals surface area contributed by atoms with Gasteiger partial charge in [-0.05, 0) is 43.7 Å². The van der Waals surface area contributed by atoms with Gasteiger partial charge in [0.15, 0.2) is 0 Å². The minimum atomic E-state index is -1.16. The van der Waals surface area contributed by atoms with Crippen molar-refractivity contribution in [1.82, 2.24) is 0 Å². The fourth-order valence-electron chi connectivity index (χ4n) is 2.49. The van der Waals surface area contributed by atoms with Crippen LogP contribution in [0.15, 0.2) is 30.3 Å². The smallest absolute Gasteiger partial charge is 0.347 e. The topological polar surface area (TPSA) is 46.5 Å². The van der Waals surface area contributed by atoms with Gasteiger partial charge in [-0.2, -0.15) is 0 Å². The lowest BCUT2D eigenvalue weighted by Gasteiger charge is -2.27. The van der Waals surface area contributed by atoms with Crippen LogP contribution in [0.1, 0.15) is 59.8 Å². The molecule has 0 aliphatic heterocycles. The number of para-hydroxylation sites is 1. The van der Waals surface area contributed by atoms with Crippen molar-refractivity contribution in [3.63, 3.8) is 0 Å². The van der Waals surface area contributed by atoms with E-state index in [0.29, 0.717) is 18.1 Å². The minimum absolute atomic E-state index is 0.525. The molecule has 124 valence electrons. The van der Waals surface area contributed by atoms with Crippen molar-refractivity contribution in [3.05, 3.63) is 30.3 Å². The second-order valence-electron chi connectivity index (χ2n) is 6.92. The Bertz CT molecular complexity index is 441. The Morgan fingerprint density at radius 1 is 1.14 bits per heavy atom. The number of rotatable bonds is 10. The van der Waals surface area contributed by atoms with Crippen molar-refractivity contribution in [1.29, 1.82) is 0 Å². The number of aliphatic carboxylic acids is 1. The van der Waals surface area contributed by atoms with Crippen molar-refractivity contribution in [2.75, 3.05) is 0 Å². The van der Waals surface area contributed by atoms with Gasteiger partial charge in [0.2, 0.25) is 5.60 Å². The molecule has 0 aliphatic carbocycles. The summed E-state index contributed by atoms with van der Waals surface area (Å²) in [6.45, 7) is 8.34. The lowest BCUT2D eigenvalue weighted by atomic mass is 9.90. The van der Waals surface area contributed by atoms with Crippen molar-refractivity contribution in [3.8, 4) is 5.75 Å². The molecule has 0 radical (unpaired) electrons. The van der Waals surface area contributed by atoms with Crippen molar-refractivity contribution >= 4 is 5.97 Å². The number of carbonyl (C=O) groups is 1. The first-order valence-corrected chi connectivity index (χ1v) is 8.31. The van der Waals surface area contributed by atoms with E-state index >= 15 is 0 Å². The molecule has 2 atom stereocenters. The maximum absolute atomic E-state index is 11.6. The molecule has 2 unspecified atom stereocenters. The molecule has 3 heteroatoms. The SMILES string of the molecule is CC(C)CCCC(C)CCC(C)(Oc1ccccc1)C(=O)O. The van der Waals surface area contributed by atoms with Gasteiger partial charge in [-0.15, -0.1) is 0 Å². The zero-order valence-electron chi connectivity index (χ0n) is 14.3. The maximum Gasteiger partial charge on any atom is 0.347 e. The zero-order chi connectivity index (χ0) is 16.6. The second kappa shape index (κ2) is 8.82. The van der Waals surface area contributed by atoms with Crippen LogP contribution in [0.2, 0.25) is 0 Å². The highest BCUT2D eigenvalue weighted by Gasteiger charge is 2.35. The van der Waals surface area contributed by atoms with Gasteiger partial charge in [0, 0.05) is 0 Å². The van der Waals surface area contributed by atoms with Crippen molar-refractivity contribution in [2.24, 2.45) is 11.8 Å². The Labute approximate surface area is 134 Å². The molecule has 0 spiro atoms. The molecule has 0 saturated heterocycles. The Morgan fingerprint density at radius 2 is 1.77 bits per heavy atom. The van der Waals surface area contributed by atoms with Crippen molar-refractivity contribution in [2.45, 2.75) is 65.4 Å². The quantitative estimate of drug-likeness (QED) is 0.650. The molecule has 1 rings (SSSR count). The third-order valence-electron chi connectivity index (χ3n) is 4.13. The number of hydrogen-bond acceptors (Lipinski definition) is 2. The summed E-state index contributed by atoms with van der Waals surface area (Å²) in [7, 11) is 0. The van der Waals surface area contributed by atoms with Gasteiger partial charge in [0.05, 0.1) is 0 Å². The molecular weight excluding hydrogens is 276 g/mol. The minimum Gasteiger partial charge on any atom is -0.478 e. The Kier molecular flexibility index (Phi) is 7.43. The molecule has 22 heavy (non-hydrogen) atoms. The van der Waals surface area contributed by atoms with Crippen LogP contribution in [0.5, 0.6) is 5.75 Å². The van der Waals surface area contributed by atoms with Crippen LogP contribution < -0.4 is 4.74 Å². The zero-order valence-corrected chi connectivity index (χ0v) is 14.3. The van der Waals surface area contributed by atoms with E-state index in [9.17, 15) is 9.90 Å². The molecule has 0 amide bonds. The fraction of sp³-hybridized carbons (Fsp3) is 0.632. The predicted molar refractivity (Wildman–Crippen MR) is 90.2 cm³/mol. The molecule has 0 saturated carbocycles. The van der Waals surface area contributed by atoms with Gasteiger partial charge in [0.1, 0.15) is 5.75 Å². The van der Waals surface area contributed by atoms with Gasteiger partial charge in [-0.3, -0.25) is 0 Å².